The summed E-state index contributed by atoms with van der Waals surface area (Å²) in [6, 6.07) is 5.33. The number of aryl methyl sites for hydroxylation is 1. The number of aliphatic imine (C=N–C) groups is 1. The molecule has 1 aliphatic heterocycles. The van der Waals surface area contributed by atoms with Gasteiger partial charge in [-0.25, -0.2) is 4.39 Å². The fourth-order valence-electron chi connectivity index (χ4n) is 2.95. The molecule has 1 aromatic rings. The highest BCUT2D eigenvalue weighted by Crippen LogP contribution is 2.15. The minimum Gasteiger partial charge on any atom is -0.385 e. The number of hydrogen-bond acceptors (Lipinski definition) is 3. The summed E-state index contributed by atoms with van der Waals surface area (Å²) >= 11 is 0. The van der Waals surface area contributed by atoms with Crippen molar-refractivity contribution in [2.75, 3.05) is 40.5 Å². The third kappa shape index (κ3) is 7.36. The van der Waals surface area contributed by atoms with E-state index in [-0.39, 0.29) is 29.8 Å². The Morgan fingerprint density at radius 2 is 2.04 bits per heavy atom. The third-order valence-corrected chi connectivity index (χ3v) is 4.49. The summed E-state index contributed by atoms with van der Waals surface area (Å²) in [7, 11) is 3.49. The smallest absolute Gasteiger partial charge is 0.193 e. The second-order valence-corrected chi connectivity index (χ2v) is 6.39. The van der Waals surface area contributed by atoms with Crippen molar-refractivity contribution in [2.45, 2.75) is 38.8 Å². The van der Waals surface area contributed by atoms with E-state index < -0.39 is 0 Å². The lowest BCUT2D eigenvalue weighted by atomic mass is 10.1. The highest BCUT2D eigenvalue weighted by atomic mass is 127. The highest BCUT2D eigenvalue weighted by Gasteiger charge is 2.21. The number of guanidine groups is 1. The van der Waals surface area contributed by atoms with E-state index in [4.69, 9.17) is 9.47 Å². The summed E-state index contributed by atoms with van der Waals surface area (Å²) in [5.74, 6) is 0.694. The predicted molar refractivity (Wildman–Crippen MR) is 114 cm³/mol. The van der Waals surface area contributed by atoms with Crippen LogP contribution in [0.5, 0.6) is 0 Å². The lowest BCUT2D eigenvalue weighted by Crippen LogP contribution is -2.46. The SMILES string of the molecule is CN=C(NCc1ccc(C)c(F)c1)N1CCC(OCCCOC)CC1.I. The van der Waals surface area contributed by atoms with Gasteiger partial charge in [-0.3, -0.25) is 4.99 Å². The van der Waals surface area contributed by atoms with Crippen LogP contribution < -0.4 is 5.32 Å². The number of benzene rings is 1. The Kier molecular flexibility index (Phi) is 11.1. The van der Waals surface area contributed by atoms with Gasteiger partial charge in [0.2, 0.25) is 0 Å². The van der Waals surface area contributed by atoms with E-state index in [9.17, 15) is 4.39 Å². The Balaban J connectivity index is 0.00000338. The molecule has 1 N–H and O–H groups in total. The minimum absolute atomic E-state index is 0. The van der Waals surface area contributed by atoms with Gasteiger partial charge in [-0.05, 0) is 43.4 Å². The Bertz CT molecular complexity index is 564. The van der Waals surface area contributed by atoms with E-state index in [0.29, 0.717) is 18.2 Å². The molecule has 1 saturated heterocycles. The van der Waals surface area contributed by atoms with Crippen molar-refractivity contribution in [1.82, 2.24) is 10.2 Å². The maximum absolute atomic E-state index is 13.6. The van der Waals surface area contributed by atoms with E-state index in [1.807, 2.05) is 12.1 Å². The van der Waals surface area contributed by atoms with Gasteiger partial charge in [0, 0.05) is 47.0 Å². The number of halogens is 2. The first-order valence-corrected chi connectivity index (χ1v) is 8.95. The van der Waals surface area contributed by atoms with Crippen LogP contribution in [0.4, 0.5) is 4.39 Å². The van der Waals surface area contributed by atoms with Gasteiger partial charge in [-0.15, -0.1) is 24.0 Å². The number of nitrogens with one attached hydrogen (secondary N) is 1. The van der Waals surface area contributed by atoms with Crippen molar-refractivity contribution in [3.05, 3.63) is 35.1 Å². The van der Waals surface area contributed by atoms with E-state index >= 15 is 0 Å². The van der Waals surface area contributed by atoms with Crippen LogP contribution in [-0.2, 0) is 16.0 Å². The van der Waals surface area contributed by atoms with Gasteiger partial charge >= 0.3 is 0 Å². The van der Waals surface area contributed by atoms with Crippen LogP contribution in [0.3, 0.4) is 0 Å². The Morgan fingerprint density at radius 3 is 2.65 bits per heavy atom. The first kappa shape index (κ1) is 23.1. The Labute approximate surface area is 173 Å². The highest BCUT2D eigenvalue weighted by molar-refractivity contribution is 14.0. The second-order valence-electron chi connectivity index (χ2n) is 6.39. The van der Waals surface area contributed by atoms with Gasteiger partial charge in [0.1, 0.15) is 5.82 Å². The van der Waals surface area contributed by atoms with Crippen molar-refractivity contribution in [3.8, 4) is 0 Å². The van der Waals surface area contributed by atoms with Gasteiger partial charge in [0.05, 0.1) is 6.10 Å². The number of methoxy groups -OCH3 is 1. The lowest BCUT2D eigenvalue weighted by molar-refractivity contribution is 0.00989. The molecule has 26 heavy (non-hydrogen) atoms. The predicted octanol–water partition coefficient (Wildman–Crippen LogP) is 3.35. The van der Waals surface area contributed by atoms with E-state index in [0.717, 1.165) is 57.1 Å². The number of ether oxygens (including phenoxy) is 2. The summed E-state index contributed by atoms with van der Waals surface area (Å²) < 4.78 is 24.6. The standard InChI is InChI=1S/C19H30FN3O2.HI/c1-15-5-6-16(13-18(15)20)14-22-19(21-2)23-9-7-17(8-10-23)25-12-4-11-24-3;/h5-6,13,17H,4,7-12,14H2,1-3H3,(H,21,22);1H. The van der Waals surface area contributed by atoms with Crippen LogP contribution >= 0.6 is 24.0 Å². The molecule has 0 saturated carbocycles. The van der Waals surface area contributed by atoms with Crippen LogP contribution in [0.1, 0.15) is 30.4 Å². The molecule has 0 atom stereocenters. The van der Waals surface area contributed by atoms with Gasteiger partial charge in [-0.2, -0.15) is 0 Å². The Morgan fingerprint density at radius 1 is 1.31 bits per heavy atom. The van der Waals surface area contributed by atoms with Crippen molar-refractivity contribution < 1.29 is 13.9 Å². The molecule has 7 heteroatoms. The van der Waals surface area contributed by atoms with E-state index in [2.05, 4.69) is 15.2 Å². The average molecular weight is 479 g/mol. The van der Waals surface area contributed by atoms with Gasteiger partial charge in [0.15, 0.2) is 5.96 Å². The molecule has 1 aliphatic rings. The number of likely N-dealkylation sites (tertiary alicyclic amines) is 1. The molecule has 0 unspecified atom stereocenters. The van der Waals surface area contributed by atoms with Crippen LogP contribution in [0, 0.1) is 12.7 Å². The van der Waals surface area contributed by atoms with Crippen LogP contribution in [0.15, 0.2) is 23.2 Å². The zero-order valence-electron chi connectivity index (χ0n) is 16.0. The first-order valence-electron chi connectivity index (χ1n) is 8.95. The molecule has 148 valence electrons. The number of hydrogen-bond donors (Lipinski definition) is 1. The molecular weight excluding hydrogens is 448 g/mol. The van der Waals surface area contributed by atoms with Crippen LogP contribution in [0.2, 0.25) is 0 Å². The fraction of sp³-hybridized carbons (Fsp3) is 0.632. The maximum atomic E-state index is 13.6. The molecule has 1 fully saturated rings. The number of rotatable bonds is 7. The fourth-order valence-corrected chi connectivity index (χ4v) is 2.95. The summed E-state index contributed by atoms with van der Waals surface area (Å²) in [6.07, 6.45) is 3.24. The molecule has 0 aromatic heterocycles. The summed E-state index contributed by atoms with van der Waals surface area (Å²) in [6.45, 7) is 5.66. The molecule has 1 heterocycles. The van der Waals surface area contributed by atoms with Crippen LogP contribution in [-0.4, -0.2) is 57.4 Å². The van der Waals surface area contributed by atoms with E-state index in [1.54, 1.807) is 27.1 Å². The first-order chi connectivity index (χ1) is 12.1. The normalized spacial score (nSPS) is 15.7. The number of piperidine rings is 1. The molecule has 0 amide bonds. The van der Waals surface area contributed by atoms with Crippen molar-refractivity contribution in [1.29, 1.82) is 0 Å². The second kappa shape index (κ2) is 12.5. The van der Waals surface area contributed by atoms with Gasteiger partial charge in [0.25, 0.3) is 0 Å². The van der Waals surface area contributed by atoms with Crippen molar-refractivity contribution >= 4 is 29.9 Å². The Hall–Kier alpha value is -0.930. The van der Waals surface area contributed by atoms with Crippen molar-refractivity contribution in [3.63, 3.8) is 0 Å². The largest absolute Gasteiger partial charge is 0.385 e. The molecule has 0 bridgehead atoms. The zero-order chi connectivity index (χ0) is 18.1. The van der Waals surface area contributed by atoms with Gasteiger partial charge < -0.3 is 19.7 Å². The summed E-state index contributed by atoms with van der Waals surface area (Å²) in [5.41, 5.74) is 1.58. The zero-order valence-corrected chi connectivity index (χ0v) is 18.3. The monoisotopic (exact) mass is 479 g/mol. The van der Waals surface area contributed by atoms with E-state index in [1.165, 1.54) is 0 Å². The molecule has 2 rings (SSSR count). The molecule has 1 aromatic carbocycles. The summed E-state index contributed by atoms with van der Waals surface area (Å²) in [5, 5.41) is 3.33. The van der Waals surface area contributed by atoms with Gasteiger partial charge in [-0.1, -0.05) is 12.1 Å². The molecule has 0 spiro atoms. The summed E-state index contributed by atoms with van der Waals surface area (Å²) in [4.78, 5) is 6.59. The lowest BCUT2D eigenvalue weighted by Gasteiger charge is -2.34. The average Bonchev–Trinajstić information content (AvgIpc) is 2.63. The molecular formula is C19H31FIN3O2. The quantitative estimate of drug-likeness (QED) is 0.282. The topological polar surface area (TPSA) is 46.1 Å². The molecule has 0 aliphatic carbocycles. The number of nitrogens with zero attached hydrogens (tertiary/aromatic N) is 2. The van der Waals surface area contributed by atoms with Crippen LogP contribution in [0.25, 0.3) is 0 Å². The van der Waals surface area contributed by atoms with Crippen molar-refractivity contribution in [2.24, 2.45) is 4.99 Å². The third-order valence-electron chi connectivity index (χ3n) is 4.49. The minimum atomic E-state index is -0.166. The molecule has 0 radical (unpaired) electrons. The molecule has 5 nitrogen and oxygen atoms in total. The maximum Gasteiger partial charge on any atom is 0.193 e.